The summed E-state index contributed by atoms with van der Waals surface area (Å²) in [7, 11) is 0. The molecule has 0 unspecified atom stereocenters. The van der Waals surface area contributed by atoms with Gasteiger partial charge in [0.15, 0.2) is 0 Å². The largest absolute Gasteiger partial charge is 0.353 e. The van der Waals surface area contributed by atoms with E-state index in [1.807, 2.05) is 13.8 Å². The molecule has 5 nitrogen and oxygen atoms in total. The number of carbonyl (C=O) groups is 1. The normalized spacial score (nSPS) is 14.8. The lowest BCUT2D eigenvalue weighted by atomic mass is 10.2. The first-order chi connectivity index (χ1) is 8.66. The number of aryl methyl sites for hydroxylation is 2. The smallest absolute Gasteiger partial charge is 0.220 e. The molecule has 18 heavy (non-hydrogen) atoms. The van der Waals surface area contributed by atoms with Crippen LogP contribution in [0.2, 0.25) is 0 Å². The van der Waals surface area contributed by atoms with Gasteiger partial charge >= 0.3 is 0 Å². The maximum absolute atomic E-state index is 11.4. The number of aromatic amines is 1. The van der Waals surface area contributed by atoms with Gasteiger partial charge in [0, 0.05) is 30.3 Å². The van der Waals surface area contributed by atoms with Crippen LogP contribution in [0.25, 0.3) is 0 Å². The maximum atomic E-state index is 11.4. The Hall–Kier alpha value is -1.36. The Morgan fingerprint density at radius 2 is 2.22 bits per heavy atom. The molecule has 0 aliphatic heterocycles. The molecule has 3 N–H and O–H groups in total. The van der Waals surface area contributed by atoms with Crippen LogP contribution in [0, 0.1) is 13.8 Å². The van der Waals surface area contributed by atoms with Crippen LogP contribution in [-0.2, 0) is 11.3 Å². The molecule has 0 aromatic carbocycles. The number of amides is 1. The molecular weight excluding hydrogens is 228 g/mol. The van der Waals surface area contributed by atoms with Gasteiger partial charge in [-0.15, -0.1) is 0 Å². The van der Waals surface area contributed by atoms with Crippen molar-refractivity contribution < 1.29 is 4.79 Å². The van der Waals surface area contributed by atoms with E-state index in [0.29, 0.717) is 12.5 Å². The summed E-state index contributed by atoms with van der Waals surface area (Å²) in [5.41, 5.74) is 3.40. The molecule has 1 aromatic rings. The fourth-order valence-corrected chi connectivity index (χ4v) is 1.95. The Morgan fingerprint density at radius 3 is 2.83 bits per heavy atom. The molecule has 5 heteroatoms. The van der Waals surface area contributed by atoms with Crippen molar-refractivity contribution >= 4 is 5.91 Å². The monoisotopic (exact) mass is 250 g/mol. The van der Waals surface area contributed by atoms with E-state index in [2.05, 4.69) is 20.8 Å². The van der Waals surface area contributed by atoms with E-state index >= 15 is 0 Å². The van der Waals surface area contributed by atoms with Crippen LogP contribution in [-0.4, -0.2) is 28.7 Å². The summed E-state index contributed by atoms with van der Waals surface area (Å²) in [6.45, 7) is 5.71. The van der Waals surface area contributed by atoms with Crippen LogP contribution < -0.4 is 10.6 Å². The number of H-pyrrole nitrogens is 1. The molecule has 2 rings (SSSR count). The van der Waals surface area contributed by atoms with Crippen LogP contribution in [0.5, 0.6) is 0 Å². The SMILES string of the molecule is Cc1n[nH]c(C)c1CNCCCC(=O)NC1CC1. The van der Waals surface area contributed by atoms with Gasteiger partial charge in [0.1, 0.15) is 0 Å². The predicted molar refractivity (Wildman–Crippen MR) is 70.2 cm³/mol. The van der Waals surface area contributed by atoms with Gasteiger partial charge in [-0.3, -0.25) is 9.89 Å². The molecule has 1 fully saturated rings. The lowest BCUT2D eigenvalue weighted by Gasteiger charge is -2.05. The second-order valence-electron chi connectivity index (χ2n) is 5.03. The average Bonchev–Trinajstić information content (AvgIpc) is 3.08. The van der Waals surface area contributed by atoms with Crippen LogP contribution in [0.1, 0.15) is 42.6 Å². The van der Waals surface area contributed by atoms with Crippen molar-refractivity contribution in [2.24, 2.45) is 0 Å². The second kappa shape index (κ2) is 6.00. The molecule has 0 spiro atoms. The second-order valence-corrected chi connectivity index (χ2v) is 5.03. The van der Waals surface area contributed by atoms with E-state index in [0.717, 1.165) is 43.7 Å². The third-order valence-corrected chi connectivity index (χ3v) is 3.28. The van der Waals surface area contributed by atoms with Crippen LogP contribution in [0.3, 0.4) is 0 Å². The van der Waals surface area contributed by atoms with Gasteiger partial charge in [-0.1, -0.05) is 0 Å². The number of hydrogen-bond donors (Lipinski definition) is 3. The van der Waals surface area contributed by atoms with Gasteiger partial charge < -0.3 is 10.6 Å². The highest BCUT2D eigenvalue weighted by atomic mass is 16.1. The van der Waals surface area contributed by atoms with Crippen LogP contribution in [0.4, 0.5) is 0 Å². The highest BCUT2D eigenvalue weighted by Gasteiger charge is 2.22. The summed E-state index contributed by atoms with van der Waals surface area (Å²) >= 11 is 0. The molecule has 0 saturated heterocycles. The Balaban J connectivity index is 1.57. The molecule has 1 heterocycles. The molecule has 0 radical (unpaired) electrons. The third kappa shape index (κ3) is 3.84. The summed E-state index contributed by atoms with van der Waals surface area (Å²) in [6, 6.07) is 0.474. The van der Waals surface area contributed by atoms with Crippen LogP contribution in [0.15, 0.2) is 0 Å². The topological polar surface area (TPSA) is 69.8 Å². The average molecular weight is 250 g/mol. The predicted octanol–water partition coefficient (Wildman–Crippen LogP) is 1.17. The fourth-order valence-electron chi connectivity index (χ4n) is 1.95. The van der Waals surface area contributed by atoms with Gasteiger partial charge in [-0.05, 0) is 39.7 Å². The Morgan fingerprint density at radius 1 is 1.44 bits per heavy atom. The Labute approximate surface area is 108 Å². The first-order valence-corrected chi connectivity index (χ1v) is 6.67. The molecule has 1 saturated carbocycles. The summed E-state index contributed by atoms with van der Waals surface area (Å²) in [6.07, 6.45) is 3.81. The maximum Gasteiger partial charge on any atom is 0.220 e. The first-order valence-electron chi connectivity index (χ1n) is 6.67. The summed E-state index contributed by atoms with van der Waals surface area (Å²) in [4.78, 5) is 11.4. The van der Waals surface area contributed by atoms with E-state index in [-0.39, 0.29) is 5.91 Å². The number of nitrogens with one attached hydrogen (secondary N) is 3. The number of rotatable bonds is 7. The molecule has 0 bridgehead atoms. The molecule has 0 atom stereocenters. The van der Waals surface area contributed by atoms with Crippen molar-refractivity contribution in [1.82, 2.24) is 20.8 Å². The number of aromatic nitrogens is 2. The number of carbonyl (C=O) groups excluding carboxylic acids is 1. The van der Waals surface area contributed by atoms with E-state index in [1.165, 1.54) is 5.56 Å². The molecule has 1 aliphatic rings. The third-order valence-electron chi connectivity index (χ3n) is 3.28. The molecule has 100 valence electrons. The van der Waals surface area contributed by atoms with Crippen molar-refractivity contribution in [1.29, 1.82) is 0 Å². The van der Waals surface area contributed by atoms with E-state index < -0.39 is 0 Å². The summed E-state index contributed by atoms with van der Waals surface area (Å²) in [5.74, 6) is 0.190. The van der Waals surface area contributed by atoms with E-state index in [1.54, 1.807) is 0 Å². The fraction of sp³-hybridized carbons (Fsp3) is 0.692. The van der Waals surface area contributed by atoms with Crippen LogP contribution >= 0.6 is 0 Å². The quantitative estimate of drug-likeness (QED) is 0.636. The van der Waals surface area contributed by atoms with Crippen molar-refractivity contribution in [3.63, 3.8) is 0 Å². The minimum Gasteiger partial charge on any atom is -0.353 e. The number of nitrogens with zero attached hydrogens (tertiary/aromatic N) is 1. The van der Waals surface area contributed by atoms with Crippen molar-refractivity contribution in [2.45, 2.75) is 52.1 Å². The van der Waals surface area contributed by atoms with Gasteiger partial charge in [0.2, 0.25) is 5.91 Å². The Kier molecular flexibility index (Phi) is 4.36. The zero-order valence-corrected chi connectivity index (χ0v) is 11.2. The number of hydrogen-bond acceptors (Lipinski definition) is 3. The molecule has 1 amide bonds. The highest BCUT2D eigenvalue weighted by Crippen LogP contribution is 2.18. The summed E-state index contributed by atoms with van der Waals surface area (Å²) in [5, 5.41) is 13.5. The van der Waals surface area contributed by atoms with E-state index in [4.69, 9.17) is 0 Å². The van der Waals surface area contributed by atoms with Gasteiger partial charge in [0.25, 0.3) is 0 Å². The Bertz CT molecular complexity index is 390. The lowest BCUT2D eigenvalue weighted by molar-refractivity contribution is -0.121. The van der Waals surface area contributed by atoms with Crippen molar-refractivity contribution in [3.05, 3.63) is 17.0 Å². The van der Waals surface area contributed by atoms with Gasteiger partial charge in [0.05, 0.1) is 5.69 Å². The molecule has 1 aromatic heterocycles. The molecular formula is C13H22N4O. The summed E-state index contributed by atoms with van der Waals surface area (Å²) < 4.78 is 0. The van der Waals surface area contributed by atoms with E-state index in [9.17, 15) is 4.79 Å². The van der Waals surface area contributed by atoms with Gasteiger partial charge in [-0.25, -0.2) is 0 Å². The lowest BCUT2D eigenvalue weighted by Crippen LogP contribution is -2.26. The van der Waals surface area contributed by atoms with Crippen molar-refractivity contribution in [3.8, 4) is 0 Å². The minimum atomic E-state index is 0.190. The highest BCUT2D eigenvalue weighted by molar-refractivity contribution is 5.76. The minimum absolute atomic E-state index is 0.190. The zero-order chi connectivity index (χ0) is 13.0. The van der Waals surface area contributed by atoms with Gasteiger partial charge in [-0.2, -0.15) is 5.10 Å². The zero-order valence-electron chi connectivity index (χ0n) is 11.2. The van der Waals surface area contributed by atoms with Crippen molar-refractivity contribution in [2.75, 3.05) is 6.54 Å². The standard InChI is InChI=1S/C13H22N4O/c1-9-12(10(2)17-16-9)8-14-7-3-4-13(18)15-11-5-6-11/h11,14H,3-8H2,1-2H3,(H,15,18)(H,16,17). The first kappa shape index (κ1) is 13.1. The molecule has 1 aliphatic carbocycles.